The lowest BCUT2D eigenvalue weighted by Gasteiger charge is -2.44. The number of carboxylic acid groups (broad SMARTS) is 1. The van der Waals surface area contributed by atoms with Gasteiger partial charge in [-0.3, -0.25) is 9.69 Å². The van der Waals surface area contributed by atoms with E-state index in [0.717, 1.165) is 12.0 Å². The van der Waals surface area contributed by atoms with Gasteiger partial charge in [0, 0.05) is 0 Å². The van der Waals surface area contributed by atoms with Crippen LogP contribution in [0.3, 0.4) is 0 Å². The second-order valence-electron chi connectivity index (χ2n) is 5.55. The molecule has 1 unspecified atom stereocenters. The smallest absolute Gasteiger partial charge is 0.415 e. The molecule has 0 fully saturated rings. The first-order chi connectivity index (χ1) is 10.9. The van der Waals surface area contributed by atoms with E-state index in [4.69, 9.17) is 20.3 Å². The van der Waals surface area contributed by atoms with Crippen LogP contribution >= 0.6 is 0 Å². The molecule has 2 rings (SSSR count). The quantitative estimate of drug-likeness (QED) is 0.861. The highest BCUT2D eigenvalue weighted by Crippen LogP contribution is 2.38. The Morgan fingerprint density at radius 3 is 2.78 bits per heavy atom. The summed E-state index contributed by atoms with van der Waals surface area (Å²) < 4.78 is 10.3. The van der Waals surface area contributed by atoms with E-state index in [1.807, 2.05) is 13.0 Å². The lowest BCUT2D eigenvalue weighted by molar-refractivity contribution is -0.137. The zero-order valence-corrected chi connectivity index (χ0v) is 13.4. The summed E-state index contributed by atoms with van der Waals surface area (Å²) in [5, 5.41) is 8.66. The van der Waals surface area contributed by atoms with Gasteiger partial charge in [-0.25, -0.2) is 4.79 Å². The van der Waals surface area contributed by atoms with Crippen LogP contribution in [0, 0.1) is 0 Å². The molecule has 7 heteroatoms. The van der Waals surface area contributed by atoms with Crippen LogP contribution in [0.2, 0.25) is 0 Å². The van der Waals surface area contributed by atoms with Crippen molar-refractivity contribution in [3.05, 3.63) is 23.8 Å². The number of benzene rings is 1. The molecule has 0 aromatic heterocycles. The first-order valence-electron chi connectivity index (χ1n) is 7.56. The molecule has 1 heterocycles. The Kier molecular flexibility index (Phi) is 5.10. The van der Waals surface area contributed by atoms with Crippen molar-refractivity contribution in [3.63, 3.8) is 0 Å². The van der Waals surface area contributed by atoms with E-state index in [9.17, 15) is 9.59 Å². The summed E-state index contributed by atoms with van der Waals surface area (Å²) in [5.41, 5.74) is 7.19. The summed E-state index contributed by atoms with van der Waals surface area (Å²) in [7, 11) is 1.59. The fourth-order valence-corrected chi connectivity index (χ4v) is 2.72. The minimum atomic E-state index is -1.02. The van der Waals surface area contributed by atoms with Gasteiger partial charge in [0.25, 0.3) is 0 Å². The Labute approximate surface area is 135 Å². The SMILES string of the molecule is CCC1(N)CCc2cc(OC)ccc2N1C(=O)OCCC(=O)O. The number of aliphatic carboxylic acids is 1. The largest absolute Gasteiger partial charge is 0.497 e. The number of fused-ring (bicyclic) bond motifs is 1. The number of carbonyl (C=O) groups is 2. The average molecular weight is 322 g/mol. The first-order valence-corrected chi connectivity index (χ1v) is 7.56. The maximum Gasteiger partial charge on any atom is 0.415 e. The molecule has 3 N–H and O–H groups in total. The lowest BCUT2D eigenvalue weighted by Crippen LogP contribution is -2.60. The summed E-state index contributed by atoms with van der Waals surface area (Å²) in [5.74, 6) is -0.306. The van der Waals surface area contributed by atoms with Gasteiger partial charge >= 0.3 is 12.1 Å². The van der Waals surface area contributed by atoms with Crippen LogP contribution in [0.1, 0.15) is 31.7 Å². The van der Waals surface area contributed by atoms with Gasteiger partial charge in [-0.15, -0.1) is 0 Å². The van der Waals surface area contributed by atoms with E-state index >= 15 is 0 Å². The van der Waals surface area contributed by atoms with E-state index in [2.05, 4.69) is 0 Å². The van der Waals surface area contributed by atoms with Crippen molar-refractivity contribution in [3.8, 4) is 5.75 Å². The molecule has 1 aromatic rings. The van der Waals surface area contributed by atoms with Crippen molar-refractivity contribution in [2.75, 3.05) is 18.6 Å². The van der Waals surface area contributed by atoms with Gasteiger partial charge in [0.15, 0.2) is 0 Å². The van der Waals surface area contributed by atoms with Crippen LogP contribution in [0.4, 0.5) is 10.5 Å². The molecule has 126 valence electrons. The number of aryl methyl sites for hydroxylation is 1. The van der Waals surface area contributed by atoms with Crippen molar-refractivity contribution >= 4 is 17.7 Å². The van der Waals surface area contributed by atoms with Gasteiger partial charge < -0.3 is 20.3 Å². The highest BCUT2D eigenvalue weighted by Gasteiger charge is 2.41. The fourth-order valence-electron chi connectivity index (χ4n) is 2.72. The predicted octanol–water partition coefficient (Wildman–Crippen LogP) is 2.12. The zero-order valence-electron chi connectivity index (χ0n) is 13.4. The van der Waals surface area contributed by atoms with Gasteiger partial charge in [0.2, 0.25) is 0 Å². The molecule has 7 nitrogen and oxygen atoms in total. The molecule has 0 aliphatic carbocycles. The van der Waals surface area contributed by atoms with Crippen LogP contribution in [0.25, 0.3) is 0 Å². The van der Waals surface area contributed by atoms with Crippen LogP contribution in [-0.4, -0.2) is 36.5 Å². The van der Waals surface area contributed by atoms with Gasteiger partial charge in [-0.2, -0.15) is 0 Å². The van der Waals surface area contributed by atoms with Crippen LogP contribution in [0.5, 0.6) is 5.75 Å². The molecule has 0 saturated carbocycles. The number of methoxy groups -OCH3 is 1. The molecule has 1 aliphatic rings. The molecule has 0 radical (unpaired) electrons. The van der Waals surface area contributed by atoms with Gasteiger partial charge in [0.05, 0.1) is 24.9 Å². The van der Waals surface area contributed by atoms with Gasteiger partial charge in [-0.05, 0) is 43.0 Å². The van der Waals surface area contributed by atoms with Crippen LogP contribution in [-0.2, 0) is 16.0 Å². The number of hydrogen-bond donors (Lipinski definition) is 2. The number of carboxylic acids is 1. The number of rotatable bonds is 5. The van der Waals surface area contributed by atoms with E-state index in [0.29, 0.717) is 24.3 Å². The highest BCUT2D eigenvalue weighted by molar-refractivity contribution is 5.91. The third-order valence-corrected chi connectivity index (χ3v) is 4.14. The summed E-state index contributed by atoms with van der Waals surface area (Å²) in [4.78, 5) is 24.5. The minimum Gasteiger partial charge on any atom is -0.497 e. The first kappa shape index (κ1) is 17.1. The van der Waals surface area contributed by atoms with Crippen molar-refractivity contribution < 1.29 is 24.2 Å². The third-order valence-electron chi connectivity index (χ3n) is 4.14. The maximum atomic E-state index is 12.5. The molecule has 0 bridgehead atoms. The molecule has 23 heavy (non-hydrogen) atoms. The summed E-state index contributed by atoms with van der Waals surface area (Å²) in [6.07, 6.45) is 1.03. The van der Waals surface area contributed by atoms with Crippen LogP contribution < -0.4 is 15.4 Å². The number of nitrogens with zero attached hydrogens (tertiary/aromatic N) is 1. The molecule has 1 aromatic carbocycles. The molecular formula is C16H22N2O5. The van der Waals surface area contributed by atoms with E-state index in [-0.39, 0.29) is 13.0 Å². The normalized spacial score (nSPS) is 19.9. The Balaban J connectivity index is 2.29. The molecule has 1 aliphatic heterocycles. The number of anilines is 1. The summed E-state index contributed by atoms with van der Waals surface area (Å²) in [6.45, 7) is 1.72. The average Bonchev–Trinajstić information content (AvgIpc) is 2.53. The van der Waals surface area contributed by atoms with E-state index < -0.39 is 17.7 Å². The van der Waals surface area contributed by atoms with Crippen LogP contribution in [0.15, 0.2) is 18.2 Å². The predicted molar refractivity (Wildman–Crippen MR) is 84.6 cm³/mol. The van der Waals surface area contributed by atoms with E-state index in [1.165, 1.54) is 4.90 Å². The van der Waals surface area contributed by atoms with Gasteiger partial charge in [0.1, 0.15) is 12.4 Å². The summed E-state index contributed by atoms with van der Waals surface area (Å²) >= 11 is 0. The van der Waals surface area contributed by atoms with E-state index in [1.54, 1.807) is 19.2 Å². The molecular weight excluding hydrogens is 300 g/mol. The number of amides is 1. The standard InChI is InChI=1S/C16H22N2O5/c1-3-16(17)8-6-11-10-12(22-2)4-5-13(11)18(16)15(21)23-9-7-14(19)20/h4-5,10H,3,6-9,17H2,1-2H3,(H,19,20). The number of nitrogens with two attached hydrogens (primary N) is 1. The Bertz CT molecular complexity index is 604. The number of ether oxygens (including phenoxy) is 2. The Hall–Kier alpha value is -2.28. The summed E-state index contributed by atoms with van der Waals surface area (Å²) in [6, 6.07) is 5.42. The molecule has 0 spiro atoms. The minimum absolute atomic E-state index is 0.185. The highest BCUT2D eigenvalue weighted by atomic mass is 16.6. The Morgan fingerprint density at radius 1 is 1.43 bits per heavy atom. The zero-order chi connectivity index (χ0) is 17.0. The van der Waals surface area contributed by atoms with Crippen molar-refractivity contribution in [1.82, 2.24) is 0 Å². The van der Waals surface area contributed by atoms with Crippen molar-refractivity contribution in [1.29, 1.82) is 0 Å². The third kappa shape index (κ3) is 3.56. The van der Waals surface area contributed by atoms with Crippen molar-refractivity contribution in [2.24, 2.45) is 5.73 Å². The maximum absolute atomic E-state index is 12.5. The fraction of sp³-hybridized carbons (Fsp3) is 0.500. The Morgan fingerprint density at radius 2 is 2.17 bits per heavy atom. The molecule has 1 atom stereocenters. The molecule has 1 amide bonds. The monoisotopic (exact) mass is 322 g/mol. The number of hydrogen-bond acceptors (Lipinski definition) is 5. The lowest BCUT2D eigenvalue weighted by atomic mass is 9.89. The second-order valence-corrected chi connectivity index (χ2v) is 5.55. The second kappa shape index (κ2) is 6.87. The van der Waals surface area contributed by atoms with Crippen molar-refractivity contribution in [2.45, 2.75) is 38.3 Å². The topological polar surface area (TPSA) is 102 Å². The number of carbonyl (C=O) groups excluding carboxylic acids is 1. The van der Waals surface area contributed by atoms with Gasteiger partial charge in [-0.1, -0.05) is 6.92 Å². The molecule has 0 saturated heterocycles.